The van der Waals surface area contributed by atoms with Gasteiger partial charge < -0.3 is 131 Å². The topological polar surface area (TPSA) is 648 Å². The van der Waals surface area contributed by atoms with Crippen molar-refractivity contribution in [1.82, 2.24) is 93.0 Å². The van der Waals surface area contributed by atoms with Gasteiger partial charge in [-0.15, -0.1) is 11.8 Å². The molecule has 6 aromatic rings. The number of amides is 17. The van der Waals surface area contributed by atoms with Gasteiger partial charge in [0, 0.05) is 106 Å². The molecular formula is C96H135N23O20S. The number of likely N-dealkylation sites (N-methyl/N-ethyl adjacent to an activating group) is 3. The molecule has 43 nitrogen and oxygen atoms in total. The van der Waals surface area contributed by atoms with Gasteiger partial charge >= 0.3 is 0 Å². The van der Waals surface area contributed by atoms with E-state index in [1.165, 1.54) is 57.2 Å². The number of rotatable bonds is 28. The van der Waals surface area contributed by atoms with Crippen molar-refractivity contribution in [3.05, 3.63) is 120 Å². The van der Waals surface area contributed by atoms with Crippen molar-refractivity contribution < 1.29 is 96.5 Å². The minimum Gasteiger partial charge on any atom is -0.508 e. The van der Waals surface area contributed by atoms with Gasteiger partial charge in [-0.05, 0) is 148 Å². The summed E-state index contributed by atoms with van der Waals surface area (Å²) < 4.78 is 5.80. The SMILES string of the molecule is CCCC[C@H]1C(=O)N(C)[C@@H](CCCC)C(=O)NC(CCCNC(=N)N)C(=O)N[C@H](C(=O)NCC(N)=O)CSCC(=O)N[C@@H](Cc2ccc(O)cc2)C(=O)N(C)[C@@H](C)C(=O)N[C@@H](CC(N)=O)C(=O)N2CCC[C@H]2C(=O)N[C@@H](CN)C(=O)N[C@@H](CC(C)C)C(=O)N2CCC[C@H]2C(=O)N[C@@H](Cc2c[nH]c3ccccc23)C(=O)N[C@@H](CO)C(=O)N[C@@H](Cc2c(-c3ccc(OCC)cc3)[nH]c3ccccc23)C(=O)N1C. The number of aromatic amines is 2. The van der Waals surface area contributed by atoms with Gasteiger partial charge in [0.05, 0.1) is 31.9 Å². The van der Waals surface area contributed by atoms with E-state index in [4.69, 9.17) is 33.1 Å². The Labute approximate surface area is 816 Å². The van der Waals surface area contributed by atoms with Crippen LogP contribution in [0.4, 0.5) is 0 Å². The van der Waals surface area contributed by atoms with E-state index >= 15 is 38.4 Å². The summed E-state index contributed by atoms with van der Waals surface area (Å²) in [6.07, 6.45) is 1.79. The highest BCUT2D eigenvalue weighted by molar-refractivity contribution is 8.00. The number of unbranched alkanes of at least 4 members (excludes halogenated alkanes) is 2. The third kappa shape index (κ3) is 30.1. The van der Waals surface area contributed by atoms with Crippen LogP contribution >= 0.6 is 11.8 Å². The second-order valence-corrected chi connectivity index (χ2v) is 36.9. The number of phenols is 1. The lowest BCUT2D eigenvalue weighted by molar-refractivity contribution is -0.149. The van der Waals surface area contributed by atoms with Crippen LogP contribution in [0.2, 0.25) is 0 Å². The lowest BCUT2D eigenvalue weighted by atomic mass is 9.96. The van der Waals surface area contributed by atoms with Crippen LogP contribution in [0.15, 0.2) is 103 Å². The van der Waals surface area contributed by atoms with Crippen molar-refractivity contribution in [2.75, 3.05) is 78.6 Å². The van der Waals surface area contributed by atoms with Gasteiger partial charge in [0.2, 0.25) is 100 Å². The number of nitrogens with two attached hydrogens (primary N) is 4. The Morgan fingerprint density at radius 1 is 0.543 bits per heavy atom. The summed E-state index contributed by atoms with van der Waals surface area (Å²) in [5, 5.41) is 60.0. The number of primary amides is 2. The molecule has 0 radical (unpaired) electrons. The number of guanidine groups is 1. The highest BCUT2D eigenvalue weighted by Crippen LogP contribution is 2.34. The van der Waals surface area contributed by atoms with E-state index in [9.17, 15) is 53.4 Å². The molecule has 3 fully saturated rings. The highest BCUT2D eigenvalue weighted by Gasteiger charge is 2.46. The number of aromatic nitrogens is 2. The number of ether oxygens (including phenoxy) is 1. The minimum atomic E-state index is -1.90. The first-order valence-electron chi connectivity index (χ1n) is 47.4. The zero-order chi connectivity index (χ0) is 102. The van der Waals surface area contributed by atoms with E-state index in [2.05, 4.69) is 68.5 Å². The van der Waals surface area contributed by atoms with Crippen molar-refractivity contribution in [3.63, 3.8) is 0 Å². The van der Waals surface area contributed by atoms with E-state index in [0.29, 0.717) is 87.8 Å². The molecule has 17 amide bonds. The van der Waals surface area contributed by atoms with Crippen molar-refractivity contribution in [1.29, 1.82) is 5.41 Å². The van der Waals surface area contributed by atoms with Gasteiger partial charge in [0.25, 0.3) is 0 Å². The number of H-pyrrole nitrogens is 2. The van der Waals surface area contributed by atoms with Crippen LogP contribution in [0.25, 0.3) is 33.1 Å². The molecule has 0 bridgehead atoms. The summed E-state index contributed by atoms with van der Waals surface area (Å²) >= 11 is 0.762. The maximum Gasteiger partial charge on any atom is 0.246 e. The summed E-state index contributed by atoms with van der Waals surface area (Å²) in [5.41, 5.74) is 26.9. The van der Waals surface area contributed by atoms with Crippen LogP contribution in [0.3, 0.4) is 0 Å². The van der Waals surface area contributed by atoms with Gasteiger partial charge in [-0.3, -0.25) is 86.9 Å². The van der Waals surface area contributed by atoms with Crippen molar-refractivity contribution in [2.24, 2.45) is 28.9 Å². The maximum absolute atomic E-state index is 16.3. The Balaban J connectivity index is 1.12. The fourth-order valence-corrected chi connectivity index (χ4v) is 18.3. The van der Waals surface area contributed by atoms with Gasteiger partial charge in [0.15, 0.2) is 5.96 Å². The van der Waals surface area contributed by atoms with E-state index in [1.807, 2.05) is 32.9 Å². The standard InChI is InChI=1S/C96H135N23O20S/c1-10-13-27-74-88(131)107-65(26-19-39-102-96(100)101)84(127)114-73(83(126)104-49-79(99)123)51-140-52-80(124)105-68(43-55-31-35-58(121)36-32-55)91(134)115(7)54(6)82(125)109-70(46-78(98)122)94(137)119-41-21-30-76(119)90(133)112-71(47-97)86(129)110-67(42-53(4)5)93(136)118-40-20-29-75(118)89(132)108-66(44-57-48-103-63-24-17-15-22-60(57)63)85(128)113-72(50-120)87(130)111-69(92(135)117(9)77(28-14-11-2)95(138)116(74)8)45-62-61-23-16-18-25-64(61)106-81(62)56-33-37-59(38-34-56)139-12-3/h15-18,22-25,31-38,48,53-54,65-77,103,106,120-121H,10-14,19-21,26-30,39-47,49-52,97H2,1-9H3,(H2,98,122)(H2,99,123)(H,104,126)(H,105,124)(H,107,131)(H,108,132)(H,109,125)(H,110,129)(H,111,130)(H,112,133)(H,113,128)(H,114,127)(H4,100,101,102)/t54-,65?,66-,67-,68-,69-,70-,71-,72-,73-,74-,75-,76-,77-/m0/s1. The summed E-state index contributed by atoms with van der Waals surface area (Å²) in [6.45, 7) is 8.20. The molecule has 14 atom stereocenters. The molecule has 4 aromatic carbocycles. The average Bonchev–Trinajstić information content (AvgIpc) is 1.62. The Kier molecular flexibility index (Phi) is 41.3. The monoisotopic (exact) mass is 1960 g/mol. The Bertz CT molecular complexity index is 5410. The summed E-state index contributed by atoms with van der Waals surface area (Å²) in [5.74, 6) is -17.1. The first kappa shape index (κ1) is 110. The van der Waals surface area contributed by atoms with Crippen molar-refractivity contribution in [3.8, 4) is 22.8 Å². The molecule has 760 valence electrons. The first-order valence-corrected chi connectivity index (χ1v) is 48.6. The van der Waals surface area contributed by atoms with Crippen LogP contribution in [0.5, 0.6) is 11.5 Å². The lowest BCUT2D eigenvalue weighted by Gasteiger charge is -2.36. The number of hydrogen-bond donors (Lipinski definition) is 20. The van der Waals surface area contributed by atoms with Crippen LogP contribution in [0, 0.1) is 11.3 Å². The third-order valence-electron chi connectivity index (χ3n) is 25.1. The van der Waals surface area contributed by atoms with Crippen LogP contribution in [-0.4, -0.2) is 314 Å². The molecule has 5 heterocycles. The molecule has 0 aliphatic carbocycles. The molecule has 2 aromatic heterocycles. The summed E-state index contributed by atoms with van der Waals surface area (Å²) in [6, 6.07) is 5.45. The zero-order valence-corrected chi connectivity index (χ0v) is 81.4. The lowest BCUT2D eigenvalue weighted by Crippen LogP contribution is -2.62. The number of aliphatic hydroxyl groups excluding tert-OH is 1. The number of phenolic OH excluding ortho intramolecular Hbond substituents is 1. The number of hydrogen-bond acceptors (Lipinski definition) is 23. The predicted molar refractivity (Wildman–Crippen MR) is 522 cm³/mol. The van der Waals surface area contributed by atoms with Gasteiger partial charge in [-0.2, -0.15) is 0 Å². The molecule has 0 saturated carbocycles. The molecule has 3 aliphatic rings. The highest BCUT2D eigenvalue weighted by atomic mass is 32.2. The summed E-state index contributed by atoms with van der Waals surface area (Å²) in [4.78, 5) is 263. The van der Waals surface area contributed by atoms with Crippen LogP contribution < -0.4 is 86.2 Å². The molecular weight excluding hydrogens is 1830 g/mol. The second-order valence-electron chi connectivity index (χ2n) is 35.8. The number of para-hydroxylation sites is 2. The Morgan fingerprint density at radius 2 is 1.09 bits per heavy atom. The Hall–Kier alpha value is -13.9. The number of nitrogens with one attached hydrogen (secondary N) is 14. The molecule has 1 unspecified atom stereocenters. The Morgan fingerprint density at radius 3 is 1.69 bits per heavy atom. The van der Waals surface area contributed by atoms with Gasteiger partial charge in [-0.25, -0.2) is 0 Å². The number of carbonyl (C=O) groups is 17. The van der Waals surface area contributed by atoms with Gasteiger partial charge in [0.1, 0.15) is 96.1 Å². The first-order chi connectivity index (χ1) is 66.8. The van der Waals surface area contributed by atoms with Crippen molar-refractivity contribution in [2.45, 2.75) is 235 Å². The second kappa shape index (κ2) is 52.7. The number of aliphatic hydroxyl groups is 1. The number of benzene rings is 4. The van der Waals surface area contributed by atoms with Crippen LogP contribution in [-0.2, 0) is 101 Å². The number of carbonyl (C=O) groups excluding carboxylic acids is 17. The van der Waals surface area contributed by atoms with E-state index in [0.717, 1.165) is 31.4 Å². The number of aromatic hydroxyl groups is 1. The van der Waals surface area contributed by atoms with E-state index in [-0.39, 0.29) is 108 Å². The van der Waals surface area contributed by atoms with Crippen molar-refractivity contribution >= 4 is 140 Å². The largest absolute Gasteiger partial charge is 0.508 e. The number of fused-ring (bicyclic) bond motifs is 4. The predicted octanol–water partition coefficient (Wildman–Crippen LogP) is -0.841. The molecule has 3 aliphatic heterocycles. The third-order valence-corrected chi connectivity index (χ3v) is 26.2. The van der Waals surface area contributed by atoms with E-state index in [1.54, 1.807) is 80.7 Å². The average molecular weight is 1960 g/mol. The van der Waals surface area contributed by atoms with Gasteiger partial charge in [-0.1, -0.05) is 102 Å². The quantitative estimate of drug-likeness (QED) is 0.0162. The number of thioether (sulfide) groups is 1. The number of nitrogens with zero attached hydrogens (tertiary/aromatic N) is 5. The molecule has 44 heteroatoms. The normalized spacial score (nSPS) is 23.7. The molecule has 3 saturated heterocycles. The molecule has 0 spiro atoms. The van der Waals surface area contributed by atoms with E-state index < -0.39 is 229 Å². The van der Waals surface area contributed by atoms with Crippen LogP contribution in [0.1, 0.15) is 148 Å². The molecule has 140 heavy (non-hydrogen) atoms. The minimum absolute atomic E-state index is 0.000288. The smallest absolute Gasteiger partial charge is 0.246 e. The fourth-order valence-electron chi connectivity index (χ4n) is 17.4. The molecule has 9 rings (SSSR count). The zero-order valence-electron chi connectivity index (χ0n) is 80.6. The fraction of sp³-hybridized carbons (Fsp3) is 0.521. The summed E-state index contributed by atoms with van der Waals surface area (Å²) in [7, 11) is 3.94. The molecule has 24 N–H and O–H groups in total. The maximum atomic E-state index is 16.3.